The van der Waals surface area contributed by atoms with Crippen molar-refractivity contribution in [3.05, 3.63) is 18.3 Å². The highest BCUT2D eigenvalue weighted by Crippen LogP contribution is 2.21. The Kier molecular flexibility index (Phi) is 5.80. The van der Waals surface area contributed by atoms with Crippen molar-refractivity contribution in [2.24, 2.45) is 0 Å². The predicted molar refractivity (Wildman–Crippen MR) is 81.0 cm³/mol. The second kappa shape index (κ2) is 7.12. The number of nitrogens with one attached hydrogen (secondary N) is 2. The van der Waals surface area contributed by atoms with Gasteiger partial charge in [0.05, 0.1) is 6.10 Å². The second-order valence-electron chi connectivity index (χ2n) is 5.99. The molecule has 0 unspecified atom stereocenters. The lowest BCUT2D eigenvalue weighted by molar-refractivity contribution is -0.122. The number of amides is 1. The van der Waals surface area contributed by atoms with Crippen LogP contribution in [0.2, 0.25) is 0 Å². The summed E-state index contributed by atoms with van der Waals surface area (Å²) in [6.07, 6.45) is 2.18. The first-order chi connectivity index (χ1) is 9.28. The maximum absolute atomic E-state index is 11.7. The summed E-state index contributed by atoms with van der Waals surface area (Å²) in [4.78, 5) is 15.9. The Morgan fingerprint density at radius 1 is 1.40 bits per heavy atom. The Morgan fingerprint density at radius 3 is 2.70 bits per heavy atom. The molecular weight excluding hydrogens is 254 g/mol. The number of carbonyl (C=O) groups excluding carboxylic acids is 1. The van der Waals surface area contributed by atoms with Gasteiger partial charge in [0.2, 0.25) is 5.91 Å². The monoisotopic (exact) mass is 279 g/mol. The first-order valence-electron chi connectivity index (χ1n) is 6.94. The van der Waals surface area contributed by atoms with Crippen LogP contribution in [0.4, 0.5) is 5.82 Å². The zero-order valence-electron chi connectivity index (χ0n) is 13.0. The van der Waals surface area contributed by atoms with Crippen LogP contribution in [0.15, 0.2) is 18.3 Å². The number of rotatable bonds is 6. The molecule has 0 aliphatic carbocycles. The maximum Gasteiger partial charge on any atom is 0.222 e. The van der Waals surface area contributed by atoms with Crippen molar-refractivity contribution in [3.63, 3.8) is 0 Å². The normalized spacial score (nSPS) is 11.3. The number of hydrogen-bond donors (Lipinski definition) is 2. The first-order valence-corrected chi connectivity index (χ1v) is 6.94. The Hall–Kier alpha value is -1.78. The fraction of sp³-hybridized carbons (Fsp3) is 0.600. The quantitative estimate of drug-likeness (QED) is 0.840. The summed E-state index contributed by atoms with van der Waals surface area (Å²) in [5.41, 5.74) is -0.200. The summed E-state index contributed by atoms with van der Waals surface area (Å²) in [5, 5.41) is 6.06. The Bertz CT molecular complexity index is 439. The molecule has 0 aliphatic rings. The molecule has 2 N–H and O–H groups in total. The van der Waals surface area contributed by atoms with Gasteiger partial charge in [-0.1, -0.05) is 0 Å². The van der Waals surface area contributed by atoms with Crippen molar-refractivity contribution in [3.8, 4) is 5.75 Å². The van der Waals surface area contributed by atoms with E-state index in [1.54, 1.807) is 6.20 Å². The molecule has 1 aromatic rings. The third-order valence-corrected chi connectivity index (χ3v) is 2.29. The van der Waals surface area contributed by atoms with Crippen LogP contribution in [0.1, 0.15) is 41.0 Å². The van der Waals surface area contributed by atoms with Gasteiger partial charge >= 0.3 is 0 Å². The average molecular weight is 279 g/mol. The van der Waals surface area contributed by atoms with Crippen molar-refractivity contribution in [1.29, 1.82) is 0 Å². The standard InChI is InChI=1S/C15H25N3O2/c1-11(2)20-12-7-6-9-16-14(12)17-10-8-13(19)18-15(3,4)5/h6-7,9,11H,8,10H2,1-5H3,(H,16,17)(H,18,19). The van der Waals surface area contributed by atoms with E-state index in [-0.39, 0.29) is 17.6 Å². The number of carbonyl (C=O) groups is 1. The number of nitrogens with zero attached hydrogens (tertiary/aromatic N) is 1. The zero-order valence-corrected chi connectivity index (χ0v) is 13.0. The van der Waals surface area contributed by atoms with Crippen molar-refractivity contribution in [2.75, 3.05) is 11.9 Å². The summed E-state index contributed by atoms with van der Waals surface area (Å²) in [6, 6.07) is 3.69. The van der Waals surface area contributed by atoms with E-state index in [2.05, 4.69) is 15.6 Å². The molecule has 0 radical (unpaired) electrons. The Labute approximate surface area is 121 Å². The molecular formula is C15H25N3O2. The van der Waals surface area contributed by atoms with Crippen LogP contribution in [0.5, 0.6) is 5.75 Å². The van der Waals surface area contributed by atoms with E-state index in [9.17, 15) is 4.79 Å². The summed E-state index contributed by atoms with van der Waals surface area (Å²) in [5.74, 6) is 1.40. The van der Waals surface area contributed by atoms with Gasteiger partial charge in [-0.3, -0.25) is 4.79 Å². The molecule has 5 nitrogen and oxygen atoms in total. The Morgan fingerprint density at radius 2 is 2.10 bits per heavy atom. The van der Waals surface area contributed by atoms with E-state index in [1.807, 2.05) is 46.8 Å². The second-order valence-corrected chi connectivity index (χ2v) is 5.99. The fourth-order valence-electron chi connectivity index (χ4n) is 1.65. The largest absolute Gasteiger partial charge is 0.487 e. The average Bonchev–Trinajstić information content (AvgIpc) is 2.28. The van der Waals surface area contributed by atoms with Crippen molar-refractivity contribution >= 4 is 11.7 Å². The van der Waals surface area contributed by atoms with Crippen molar-refractivity contribution in [1.82, 2.24) is 10.3 Å². The number of ether oxygens (including phenoxy) is 1. The molecule has 0 spiro atoms. The minimum absolute atomic E-state index is 0.0206. The number of aromatic nitrogens is 1. The first kappa shape index (κ1) is 16.3. The SMILES string of the molecule is CC(C)Oc1cccnc1NCCC(=O)NC(C)(C)C. The molecule has 1 rings (SSSR count). The fourth-order valence-corrected chi connectivity index (χ4v) is 1.65. The van der Waals surface area contributed by atoms with E-state index in [1.165, 1.54) is 0 Å². The lowest BCUT2D eigenvalue weighted by atomic mass is 10.1. The third-order valence-electron chi connectivity index (χ3n) is 2.29. The van der Waals surface area contributed by atoms with E-state index in [0.717, 1.165) is 0 Å². The minimum atomic E-state index is -0.200. The highest BCUT2D eigenvalue weighted by molar-refractivity contribution is 5.77. The molecule has 0 saturated heterocycles. The number of anilines is 1. The third kappa shape index (κ3) is 6.41. The predicted octanol–water partition coefficient (Wildman–Crippen LogP) is 2.59. The molecule has 0 fully saturated rings. The van der Waals surface area contributed by atoms with Gasteiger partial charge in [0, 0.05) is 24.7 Å². The van der Waals surface area contributed by atoms with Crippen LogP contribution >= 0.6 is 0 Å². The Balaban J connectivity index is 2.48. The van der Waals surface area contributed by atoms with Crippen LogP contribution in [0.25, 0.3) is 0 Å². The van der Waals surface area contributed by atoms with Crippen LogP contribution < -0.4 is 15.4 Å². The molecule has 112 valence electrons. The van der Waals surface area contributed by atoms with Crippen LogP contribution in [-0.2, 0) is 4.79 Å². The van der Waals surface area contributed by atoms with Crippen LogP contribution in [-0.4, -0.2) is 29.1 Å². The molecule has 0 atom stereocenters. The van der Waals surface area contributed by atoms with Gasteiger partial charge in [0.25, 0.3) is 0 Å². The molecule has 1 heterocycles. The highest BCUT2D eigenvalue weighted by Gasteiger charge is 2.13. The highest BCUT2D eigenvalue weighted by atomic mass is 16.5. The van der Waals surface area contributed by atoms with Gasteiger partial charge in [-0.25, -0.2) is 4.98 Å². The van der Waals surface area contributed by atoms with Gasteiger partial charge in [-0.15, -0.1) is 0 Å². The molecule has 0 saturated carbocycles. The van der Waals surface area contributed by atoms with Gasteiger partial charge in [0.15, 0.2) is 11.6 Å². The van der Waals surface area contributed by atoms with Crippen LogP contribution in [0.3, 0.4) is 0 Å². The molecule has 0 aliphatic heterocycles. The topological polar surface area (TPSA) is 63.2 Å². The van der Waals surface area contributed by atoms with Crippen LogP contribution in [0, 0.1) is 0 Å². The van der Waals surface area contributed by atoms with E-state index in [0.29, 0.717) is 24.5 Å². The molecule has 0 aromatic carbocycles. The van der Waals surface area contributed by atoms with E-state index < -0.39 is 0 Å². The molecule has 1 amide bonds. The summed E-state index contributed by atoms with van der Waals surface area (Å²) >= 11 is 0. The molecule has 20 heavy (non-hydrogen) atoms. The number of hydrogen-bond acceptors (Lipinski definition) is 4. The van der Waals surface area contributed by atoms with Crippen molar-refractivity contribution < 1.29 is 9.53 Å². The summed E-state index contributed by atoms with van der Waals surface area (Å²) < 4.78 is 5.66. The maximum atomic E-state index is 11.7. The molecule has 0 bridgehead atoms. The van der Waals surface area contributed by atoms with Gasteiger partial charge in [-0.05, 0) is 46.8 Å². The lowest BCUT2D eigenvalue weighted by Gasteiger charge is -2.20. The molecule has 5 heteroatoms. The summed E-state index contributed by atoms with van der Waals surface area (Å²) in [7, 11) is 0. The molecule has 1 aromatic heterocycles. The zero-order chi connectivity index (χ0) is 15.2. The smallest absolute Gasteiger partial charge is 0.222 e. The minimum Gasteiger partial charge on any atom is -0.487 e. The summed E-state index contributed by atoms with van der Waals surface area (Å²) in [6.45, 7) is 10.3. The van der Waals surface area contributed by atoms with E-state index in [4.69, 9.17) is 4.74 Å². The van der Waals surface area contributed by atoms with Crippen molar-refractivity contribution in [2.45, 2.75) is 52.7 Å². The van der Waals surface area contributed by atoms with Gasteiger partial charge in [0.1, 0.15) is 0 Å². The van der Waals surface area contributed by atoms with Gasteiger partial charge < -0.3 is 15.4 Å². The number of pyridine rings is 1. The van der Waals surface area contributed by atoms with E-state index >= 15 is 0 Å². The van der Waals surface area contributed by atoms with Gasteiger partial charge in [-0.2, -0.15) is 0 Å². The lowest BCUT2D eigenvalue weighted by Crippen LogP contribution is -2.41.